The van der Waals surface area contributed by atoms with E-state index in [4.69, 9.17) is 0 Å². The lowest BCUT2D eigenvalue weighted by Gasteiger charge is -2.13. The van der Waals surface area contributed by atoms with E-state index in [1.807, 2.05) is 6.92 Å². The molecule has 0 amide bonds. The Morgan fingerprint density at radius 3 is 2.84 bits per heavy atom. The molecular formula is C12H13N3O3S. The number of hydrogen-bond donors (Lipinski definition) is 2. The van der Waals surface area contributed by atoms with Crippen LogP contribution in [0.4, 0.5) is 5.69 Å². The van der Waals surface area contributed by atoms with Crippen LogP contribution in [0.5, 0.6) is 0 Å². The van der Waals surface area contributed by atoms with Crippen LogP contribution in [0.2, 0.25) is 0 Å². The number of hydrogen-bond acceptors (Lipinski definition) is 5. The van der Waals surface area contributed by atoms with E-state index in [0.29, 0.717) is 12.1 Å². The van der Waals surface area contributed by atoms with Crippen LogP contribution in [0.15, 0.2) is 34.4 Å². The van der Waals surface area contributed by atoms with Crippen LogP contribution in [-0.2, 0) is 6.54 Å². The number of nitrogens with zero attached hydrogens (tertiary/aromatic N) is 1. The van der Waals surface area contributed by atoms with Crippen molar-refractivity contribution in [1.29, 1.82) is 0 Å². The average molecular weight is 279 g/mol. The second kappa shape index (κ2) is 5.77. The number of thiazole rings is 1. The fourth-order valence-corrected chi connectivity index (χ4v) is 2.38. The molecule has 100 valence electrons. The maximum Gasteiger partial charge on any atom is 0.304 e. The first-order chi connectivity index (χ1) is 9.08. The molecule has 0 fully saturated rings. The van der Waals surface area contributed by atoms with Gasteiger partial charge in [0.25, 0.3) is 5.69 Å². The summed E-state index contributed by atoms with van der Waals surface area (Å²) in [7, 11) is 0. The fraction of sp³-hybridized carbons (Fsp3) is 0.250. The van der Waals surface area contributed by atoms with E-state index < -0.39 is 0 Å². The van der Waals surface area contributed by atoms with Crippen molar-refractivity contribution in [2.45, 2.75) is 19.5 Å². The highest BCUT2D eigenvalue weighted by atomic mass is 32.1. The maximum absolute atomic E-state index is 11.0. The molecule has 6 nitrogen and oxygen atoms in total. The summed E-state index contributed by atoms with van der Waals surface area (Å²) in [5.74, 6) is 0. The van der Waals surface area contributed by atoms with Crippen molar-refractivity contribution in [1.82, 2.24) is 10.3 Å². The zero-order valence-electron chi connectivity index (χ0n) is 10.3. The van der Waals surface area contributed by atoms with Crippen molar-refractivity contribution in [2.24, 2.45) is 0 Å². The first-order valence-corrected chi connectivity index (χ1v) is 6.59. The number of aromatic nitrogens is 1. The van der Waals surface area contributed by atoms with Crippen LogP contribution >= 0.6 is 11.3 Å². The molecule has 7 heteroatoms. The molecule has 1 unspecified atom stereocenters. The Labute approximate surface area is 113 Å². The Bertz CT molecular complexity index is 635. The molecule has 0 aliphatic carbocycles. The first kappa shape index (κ1) is 13.4. The van der Waals surface area contributed by atoms with Crippen LogP contribution in [0.1, 0.15) is 24.2 Å². The molecule has 2 aromatic rings. The van der Waals surface area contributed by atoms with Crippen LogP contribution in [0.3, 0.4) is 0 Å². The molecule has 2 rings (SSSR count). The molecule has 0 saturated carbocycles. The minimum Gasteiger partial charge on any atom is -0.315 e. The third kappa shape index (κ3) is 3.27. The van der Waals surface area contributed by atoms with E-state index in [0.717, 1.165) is 17.0 Å². The highest BCUT2D eigenvalue weighted by Crippen LogP contribution is 2.24. The van der Waals surface area contributed by atoms with Gasteiger partial charge in [-0.1, -0.05) is 29.5 Å². The number of aromatic amines is 1. The molecule has 1 atom stereocenters. The number of nitro groups is 1. The number of para-hydroxylation sites is 1. The predicted octanol–water partition coefficient (Wildman–Crippen LogP) is 2.20. The Morgan fingerprint density at radius 1 is 1.47 bits per heavy atom. The highest BCUT2D eigenvalue weighted by molar-refractivity contribution is 7.07. The van der Waals surface area contributed by atoms with E-state index in [1.165, 1.54) is 6.07 Å². The summed E-state index contributed by atoms with van der Waals surface area (Å²) in [4.78, 5) is 24.1. The predicted molar refractivity (Wildman–Crippen MR) is 73.3 cm³/mol. The summed E-state index contributed by atoms with van der Waals surface area (Å²) >= 11 is 1.10. The highest BCUT2D eigenvalue weighted by Gasteiger charge is 2.17. The standard InChI is InChI=1S/C12H13N3O3S/c1-8(13-6-9-7-19-12(16)14-9)10-4-2-3-5-11(10)15(17)18/h2-5,7-8,13H,6H2,1H3,(H,14,16). The third-order valence-electron chi connectivity index (χ3n) is 2.77. The van der Waals surface area contributed by atoms with Gasteiger partial charge in [-0.3, -0.25) is 14.9 Å². The van der Waals surface area contributed by atoms with E-state index in [1.54, 1.807) is 23.6 Å². The quantitative estimate of drug-likeness (QED) is 0.648. The topological polar surface area (TPSA) is 88.0 Å². The Balaban J connectivity index is 2.09. The summed E-state index contributed by atoms with van der Waals surface area (Å²) in [6, 6.07) is 6.45. The van der Waals surface area contributed by atoms with Gasteiger partial charge < -0.3 is 10.3 Å². The number of benzene rings is 1. The molecule has 19 heavy (non-hydrogen) atoms. The minimum absolute atomic E-state index is 0.0984. The molecule has 1 aromatic carbocycles. The zero-order valence-corrected chi connectivity index (χ0v) is 11.1. The molecule has 0 bridgehead atoms. The van der Waals surface area contributed by atoms with Crippen LogP contribution in [-0.4, -0.2) is 9.91 Å². The third-order valence-corrected chi connectivity index (χ3v) is 3.49. The van der Waals surface area contributed by atoms with Gasteiger partial charge in [0.05, 0.1) is 4.92 Å². The molecule has 0 saturated heterocycles. The van der Waals surface area contributed by atoms with Gasteiger partial charge in [-0.05, 0) is 6.92 Å². The van der Waals surface area contributed by atoms with Gasteiger partial charge >= 0.3 is 4.87 Å². The molecular weight excluding hydrogens is 266 g/mol. The van der Waals surface area contributed by atoms with Crippen molar-refractivity contribution in [3.63, 3.8) is 0 Å². The lowest BCUT2D eigenvalue weighted by atomic mass is 10.1. The largest absolute Gasteiger partial charge is 0.315 e. The van der Waals surface area contributed by atoms with Gasteiger partial charge in [0, 0.05) is 35.3 Å². The number of nitro benzene ring substituents is 1. The van der Waals surface area contributed by atoms with Crippen molar-refractivity contribution in [3.05, 3.63) is 60.7 Å². The van der Waals surface area contributed by atoms with Crippen LogP contribution < -0.4 is 10.2 Å². The summed E-state index contributed by atoms with van der Waals surface area (Å²) in [6.45, 7) is 2.32. The van der Waals surface area contributed by atoms with Gasteiger partial charge in [0.15, 0.2) is 0 Å². The fourth-order valence-electron chi connectivity index (χ4n) is 1.79. The normalized spacial score (nSPS) is 12.3. The van der Waals surface area contributed by atoms with Crippen molar-refractivity contribution in [2.75, 3.05) is 0 Å². The smallest absolute Gasteiger partial charge is 0.304 e. The molecule has 0 spiro atoms. The van der Waals surface area contributed by atoms with Gasteiger partial charge in [-0.25, -0.2) is 0 Å². The number of rotatable bonds is 5. The molecule has 2 N–H and O–H groups in total. The van der Waals surface area contributed by atoms with Crippen LogP contribution in [0, 0.1) is 10.1 Å². The number of H-pyrrole nitrogens is 1. The Hall–Kier alpha value is -1.99. The summed E-state index contributed by atoms with van der Waals surface area (Å²) < 4.78 is 0. The summed E-state index contributed by atoms with van der Waals surface area (Å²) in [5, 5.41) is 15.8. The Kier molecular flexibility index (Phi) is 4.08. The van der Waals surface area contributed by atoms with Crippen LogP contribution in [0.25, 0.3) is 0 Å². The molecule has 1 aromatic heterocycles. The monoisotopic (exact) mass is 279 g/mol. The van der Waals surface area contributed by atoms with E-state index in [9.17, 15) is 14.9 Å². The summed E-state index contributed by atoms with van der Waals surface area (Å²) in [5.41, 5.74) is 1.51. The summed E-state index contributed by atoms with van der Waals surface area (Å²) in [6.07, 6.45) is 0. The second-order valence-electron chi connectivity index (χ2n) is 4.09. The van der Waals surface area contributed by atoms with Crippen molar-refractivity contribution >= 4 is 17.0 Å². The average Bonchev–Trinajstić information content (AvgIpc) is 2.81. The SMILES string of the molecule is CC(NCc1csc(=O)[nH]1)c1ccccc1[N+](=O)[O-]. The first-order valence-electron chi connectivity index (χ1n) is 5.71. The molecule has 1 heterocycles. The lowest BCUT2D eigenvalue weighted by Crippen LogP contribution is -2.19. The Morgan fingerprint density at radius 2 is 2.21 bits per heavy atom. The van der Waals surface area contributed by atoms with Gasteiger partial charge in [0.1, 0.15) is 0 Å². The van der Waals surface area contributed by atoms with E-state index in [-0.39, 0.29) is 21.5 Å². The second-order valence-corrected chi connectivity index (χ2v) is 4.93. The minimum atomic E-state index is -0.389. The number of nitrogens with one attached hydrogen (secondary N) is 2. The van der Waals surface area contributed by atoms with E-state index >= 15 is 0 Å². The zero-order chi connectivity index (χ0) is 13.8. The van der Waals surface area contributed by atoms with E-state index in [2.05, 4.69) is 10.3 Å². The van der Waals surface area contributed by atoms with Crippen molar-refractivity contribution < 1.29 is 4.92 Å². The van der Waals surface area contributed by atoms with Gasteiger partial charge in [-0.2, -0.15) is 0 Å². The maximum atomic E-state index is 11.0. The lowest BCUT2D eigenvalue weighted by molar-refractivity contribution is -0.385. The molecule has 0 radical (unpaired) electrons. The van der Waals surface area contributed by atoms with Gasteiger partial charge in [0.2, 0.25) is 0 Å². The molecule has 0 aliphatic rings. The van der Waals surface area contributed by atoms with Crippen molar-refractivity contribution in [3.8, 4) is 0 Å². The molecule has 0 aliphatic heterocycles. The van der Waals surface area contributed by atoms with Gasteiger partial charge in [-0.15, -0.1) is 0 Å².